The SMILES string of the molecule is CCOCCNC(=O)c1cccc(-c2n[nH]c3cc(Nc4ccccc4Cl)ccc23)c1. The molecule has 0 saturated carbocycles. The van der Waals surface area contributed by atoms with Crippen molar-refractivity contribution in [2.45, 2.75) is 6.92 Å². The van der Waals surface area contributed by atoms with Crippen LogP contribution in [0, 0.1) is 0 Å². The molecule has 1 amide bonds. The van der Waals surface area contributed by atoms with Crippen molar-refractivity contribution in [3.63, 3.8) is 0 Å². The minimum atomic E-state index is -0.132. The second kappa shape index (κ2) is 9.64. The maximum absolute atomic E-state index is 12.4. The molecule has 4 aromatic rings. The molecule has 0 fully saturated rings. The van der Waals surface area contributed by atoms with E-state index >= 15 is 0 Å². The van der Waals surface area contributed by atoms with Crippen molar-refractivity contribution < 1.29 is 9.53 Å². The molecule has 0 aliphatic carbocycles. The van der Waals surface area contributed by atoms with Crippen LogP contribution in [0.2, 0.25) is 5.02 Å². The van der Waals surface area contributed by atoms with Crippen molar-refractivity contribution in [3.8, 4) is 11.3 Å². The van der Waals surface area contributed by atoms with Gasteiger partial charge in [-0.05, 0) is 49.4 Å². The summed E-state index contributed by atoms with van der Waals surface area (Å²) >= 11 is 6.24. The third kappa shape index (κ3) is 4.87. The molecule has 1 heterocycles. The van der Waals surface area contributed by atoms with Crippen LogP contribution in [0.5, 0.6) is 0 Å². The van der Waals surface area contributed by atoms with Gasteiger partial charge in [0.2, 0.25) is 0 Å². The molecule has 0 saturated heterocycles. The molecule has 158 valence electrons. The van der Waals surface area contributed by atoms with Gasteiger partial charge in [0.15, 0.2) is 0 Å². The monoisotopic (exact) mass is 434 g/mol. The lowest BCUT2D eigenvalue weighted by atomic mass is 10.0. The molecule has 0 radical (unpaired) electrons. The summed E-state index contributed by atoms with van der Waals surface area (Å²) < 4.78 is 5.26. The lowest BCUT2D eigenvalue weighted by Crippen LogP contribution is -2.27. The van der Waals surface area contributed by atoms with E-state index in [1.807, 2.05) is 67.6 Å². The van der Waals surface area contributed by atoms with Crippen LogP contribution >= 0.6 is 11.6 Å². The van der Waals surface area contributed by atoms with Crippen LogP contribution in [0.3, 0.4) is 0 Å². The fourth-order valence-corrected chi connectivity index (χ4v) is 3.51. The molecule has 0 unspecified atom stereocenters. The molecule has 7 heteroatoms. The van der Waals surface area contributed by atoms with E-state index in [4.69, 9.17) is 16.3 Å². The number of aromatic amines is 1. The molecular weight excluding hydrogens is 412 g/mol. The van der Waals surface area contributed by atoms with Crippen molar-refractivity contribution in [3.05, 3.63) is 77.3 Å². The van der Waals surface area contributed by atoms with Gasteiger partial charge in [-0.1, -0.05) is 35.9 Å². The number of anilines is 2. The van der Waals surface area contributed by atoms with E-state index < -0.39 is 0 Å². The van der Waals surface area contributed by atoms with Crippen LogP contribution in [0.4, 0.5) is 11.4 Å². The topological polar surface area (TPSA) is 79.0 Å². The molecule has 3 aromatic carbocycles. The van der Waals surface area contributed by atoms with Crippen LogP contribution in [0.25, 0.3) is 22.2 Å². The normalized spacial score (nSPS) is 10.9. The minimum absolute atomic E-state index is 0.132. The van der Waals surface area contributed by atoms with E-state index in [2.05, 4.69) is 20.8 Å². The third-order valence-corrected chi connectivity index (χ3v) is 5.18. The highest BCUT2D eigenvalue weighted by Crippen LogP contribution is 2.31. The molecule has 1 aromatic heterocycles. The number of fused-ring (bicyclic) bond motifs is 1. The molecule has 0 bridgehead atoms. The zero-order valence-corrected chi connectivity index (χ0v) is 17.9. The van der Waals surface area contributed by atoms with Gasteiger partial charge < -0.3 is 15.4 Å². The summed E-state index contributed by atoms with van der Waals surface area (Å²) in [5.41, 5.74) is 4.88. The Labute approximate surface area is 185 Å². The lowest BCUT2D eigenvalue weighted by Gasteiger charge is -2.08. The van der Waals surface area contributed by atoms with Crippen LogP contribution < -0.4 is 10.6 Å². The Morgan fingerprint density at radius 2 is 1.97 bits per heavy atom. The van der Waals surface area contributed by atoms with Gasteiger partial charge >= 0.3 is 0 Å². The number of benzene rings is 3. The van der Waals surface area contributed by atoms with E-state index in [0.29, 0.717) is 30.3 Å². The zero-order valence-electron chi connectivity index (χ0n) is 17.1. The molecule has 0 aliphatic heterocycles. The summed E-state index contributed by atoms with van der Waals surface area (Å²) in [5, 5.41) is 15.4. The maximum atomic E-state index is 12.4. The molecule has 31 heavy (non-hydrogen) atoms. The van der Waals surface area contributed by atoms with Crippen molar-refractivity contribution in [1.82, 2.24) is 15.5 Å². The molecule has 3 N–H and O–H groups in total. The molecule has 0 aliphatic rings. The zero-order chi connectivity index (χ0) is 21.6. The van der Waals surface area contributed by atoms with Crippen molar-refractivity contribution >= 4 is 39.8 Å². The fraction of sp³-hybridized carbons (Fsp3) is 0.167. The Balaban J connectivity index is 1.55. The number of hydrogen-bond donors (Lipinski definition) is 3. The number of hydrogen-bond acceptors (Lipinski definition) is 4. The first-order valence-electron chi connectivity index (χ1n) is 10.1. The highest BCUT2D eigenvalue weighted by molar-refractivity contribution is 6.33. The van der Waals surface area contributed by atoms with Gasteiger partial charge in [-0.3, -0.25) is 9.89 Å². The standard InChI is InChI=1S/C24H23ClN4O2/c1-2-31-13-12-26-24(30)17-7-5-6-16(14-17)23-19-11-10-18(15-22(19)28-29-23)27-21-9-4-3-8-20(21)25/h3-11,14-15,27H,2,12-13H2,1H3,(H,26,30)(H,28,29). The number of H-pyrrole nitrogens is 1. The van der Waals surface area contributed by atoms with Crippen LogP contribution in [0.15, 0.2) is 66.7 Å². The van der Waals surface area contributed by atoms with Crippen molar-refractivity contribution in [2.24, 2.45) is 0 Å². The number of amides is 1. The highest BCUT2D eigenvalue weighted by atomic mass is 35.5. The average molecular weight is 435 g/mol. The first kappa shape index (κ1) is 20.9. The van der Waals surface area contributed by atoms with Crippen molar-refractivity contribution in [1.29, 1.82) is 0 Å². The molecule has 0 atom stereocenters. The van der Waals surface area contributed by atoms with Gasteiger partial charge in [-0.25, -0.2) is 0 Å². The summed E-state index contributed by atoms with van der Waals surface area (Å²) in [6.07, 6.45) is 0. The Kier molecular flexibility index (Phi) is 6.50. The van der Waals surface area contributed by atoms with Crippen LogP contribution in [-0.4, -0.2) is 35.9 Å². The molecule has 6 nitrogen and oxygen atoms in total. The summed E-state index contributed by atoms with van der Waals surface area (Å²) in [7, 11) is 0. The summed E-state index contributed by atoms with van der Waals surface area (Å²) in [5.74, 6) is -0.132. The second-order valence-corrected chi connectivity index (χ2v) is 7.38. The van der Waals surface area contributed by atoms with Crippen LogP contribution in [0.1, 0.15) is 17.3 Å². The van der Waals surface area contributed by atoms with Gasteiger partial charge in [0.25, 0.3) is 5.91 Å². The number of para-hydroxylation sites is 1. The average Bonchev–Trinajstić information content (AvgIpc) is 3.21. The Morgan fingerprint density at radius 1 is 1.10 bits per heavy atom. The van der Waals surface area contributed by atoms with E-state index in [1.54, 1.807) is 6.07 Å². The van der Waals surface area contributed by atoms with Gasteiger partial charge in [0.1, 0.15) is 0 Å². The number of aromatic nitrogens is 2. The van der Waals surface area contributed by atoms with E-state index in [9.17, 15) is 4.79 Å². The number of carbonyl (C=O) groups is 1. The fourth-order valence-electron chi connectivity index (χ4n) is 3.33. The number of rotatable bonds is 8. The second-order valence-electron chi connectivity index (χ2n) is 6.97. The smallest absolute Gasteiger partial charge is 0.251 e. The first-order chi connectivity index (χ1) is 15.2. The third-order valence-electron chi connectivity index (χ3n) is 4.85. The molecule has 4 rings (SSSR count). The van der Waals surface area contributed by atoms with E-state index in [0.717, 1.165) is 33.5 Å². The van der Waals surface area contributed by atoms with Gasteiger partial charge in [0, 0.05) is 35.4 Å². The predicted octanol–water partition coefficient (Wildman–Crippen LogP) is 5.39. The summed E-state index contributed by atoms with van der Waals surface area (Å²) in [6.45, 7) is 3.53. The van der Waals surface area contributed by atoms with Crippen LogP contribution in [-0.2, 0) is 4.74 Å². The van der Waals surface area contributed by atoms with Crippen molar-refractivity contribution in [2.75, 3.05) is 25.1 Å². The number of halogens is 1. The van der Waals surface area contributed by atoms with Gasteiger partial charge in [-0.2, -0.15) is 5.10 Å². The lowest BCUT2D eigenvalue weighted by molar-refractivity contribution is 0.0922. The number of carbonyl (C=O) groups excluding carboxylic acids is 1. The predicted molar refractivity (Wildman–Crippen MR) is 125 cm³/mol. The largest absolute Gasteiger partial charge is 0.380 e. The number of nitrogens with zero attached hydrogens (tertiary/aromatic N) is 1. The maximum Gasteiger partial charge on any atom is 0.251 e. The quantitative estimate of drug-likeness (QED) is 0.325. The Morgan fingerprint density at radius 3 is 2.81 bits per heavy atom. The first-order valence-corrected chi connectivity index (χ1v) is 10.5. The van der Waals surface area contributed by atoms with Gasteiger partial charge in [0.05, 0.1) is 28.5 Å². The Bertz CT molecular complexity index is 1210. The minimum Gasteiger partial charge on any atom is -0.380 e. The number of ether oxygens (including phenoxy) is 1. The van der Waals surface area contributed by atoms with Gasteiger partial charge in [-0.15, -0.1) is 0 Å². The molecular formula is C24H23ClN4O2. The molecule has 0 spiro atoms. The van der Waals surface area contributed by atoms with E-state index in [-0.39, 0.29) is 5.91 Å². The summed E-state index contributed by atoms with van der Waals surface area (Å²) in [6, 6.07) is 21.0. The highest BCUT2D eigenvalue weighted by Gasteiger charge is 2.12. The Hall–Kier alpha value is -3.35. The van der Waals surface area contributed by atoms with E-state index in [1.165, 1.54) is 0 Å². The number of nitrogens with one attached hydrogen (secondary N) is 3. The summed E-state index contributed by atoms with van der Waals surface area (Å²) in [4.78, 5) is 12.4.